The summed E-state index contributed by atoms with van der Waals surface area (Å²) in [4.78, 5) is 6.54. The Bertz CT molecular complexity index is 924. The molecular weight excluding hydrogens is 400 g/mol. The summed E-state index contributed by atoms with van der Waals surface area (Å²) in [5.74, 6) is 0.758. The van der Waals surface area contributed by atoms with E-state index in [1.165, 1.54) is 24.0 Å². The van der Waals surface area contributed by atoms with Gasteiger partial charge in [0, 0.05) is 31.5 Å². The number of ether oxygens (including phenoxy) is 2. The molecule has 0 amide bonds. The summed E-state index contributed by atoms with van der Waals surface area (Å²) in [7, 11) is 1.93. The van der Waals surface area contributed by atoms with E-state index < -0.39 is 0 Å². The maximum Gasteiger partial charge on any atom is 0.159 e. The lowest BCUT2D eigenvalue weighted by Crippen LogP contribution is -2.46. The SMILES string of the molecule is C=CC1(CNC)COC(CCN(Cc2ccc(C3CC3)cc2)c2ccc(C#N)nc2)OC1. The molecule has 1 aliphatic heterocycles. The Balaban J connectivity index is 1.41. The molecule has 2 heterocycles. The van der Waals surface area contributed by atoms with Crippen LogP contribution in [0.3, 0.4) is 0 Å². The molecule has 0 bridgehead atoms. The summed E-state index contributed by atoms with van der Waals surface area (Å²) in [5.41, 5.74) is 3.93. The number of anilines is 1. The summed E-state index contributed by atoms with van der Waals surface area (Å²) in [6, 6.07) is 14.8. The van der Waals surface area contributed by atoms with Crippen LogP contribution in [0.1, 0.15) is 42.0 Å². The largest absolute Gasteiger partial charge is 0.366 e. The molecule has 0 unspecified atom stereocenters. The molecule has 1 saturated heterocycles. The molecule has 1 aliphatic carbocycles. The van der Waals surface area contributed by atoms with Crippen LogP contribution in [0, 0.1) is 16.7 Å². The predicted molar refractivity (Wildman–Crippen MR) is 125 cm³/mol. The number of benzene rings is 1. The van der Waals surface area contributed by atoms with Crippen LogP contribution in [-0.4, -0.2) is 44.6 Å². The van der Waals surface area contributed by atoms with Gasteiger partial charge in [-0.25, -0.2) is 4.98 Å². The molecule has 6 heteroatoms. The fourth-order valence-electron chi connectivity index (χ4n) is 4.15. The normalized spacial score (nSPS) is 22.8. The monoisotopic (exact) mass is 432 g/mol. The van der Waals surface area contributed by atoms with Crippen LogP contribution >= 0.6 is 0 Å². The first-order valence-electron chi connectivity index (χ1n) is 11.4. The van der Waals surface area contributed by atoms with E-state index in [1.807, 2.05) is 19.2 Å². The van der Waals surface area contributed by atoms with Gasteiger partial charge in [0.05, 0.1) is 25.1 Å². The molecule has 0 radical (unpaired) electrons. The van der Waals surface area contributed by atoms with E-state index in [4.69, 9.17) is 14.7 Å². The molecule has 0 atom stereocenters. The highest BCUT2D eigenvalue weighted by molar-refractivity contribution is 5.46. The first-order chi connectivity index (χ1) is 15.6. The van der Waals surface area contributed by atoms with Crippen LogP contribution in [0.15, 0.2) is 55.3 Å². The van der Waals surface area contributed by atoms with E-state index in [1.54, 1.807) is 12.3 Å². The fraction of sp³-hybridized carbons (Fsp3) is 0.462. The van der Waals surface area contributed by atoms with Crippen molar-refractivity contribution in [2.24, 2.45) is 5.41 Å². The molecule has 6 nitrogen and oxygen atoms in total. The quantitative estimate of drug-likeness (QED) is 0.573. The molecule has 2 aliphatic rings. The van der Waals surface area contributed by atoms with E-state index in [9.17, 15) is 0 Å². The Morgan fingerprint density at radius 1 is 1.22 bits per heavy atom. The van der Waals surface area contributed by atoms with Crippen LogP contribution in [0.5, 0.6) is 0 Å². The van der Waals surface area contributed by atoms with Crippen LogP contribution in [0.4, 0.5) is 5.69 Å². The fourth-order valence-corrected chi connectivity index (χ4v) is 4.15. The Morgan fingerprint density at radius 3 is 2.53 bits per heavy atom. The molecular formula is C26H32N4O2. The first kappa shape index (κ1) is 22.5. The molecule has 1 aromatic carbocycles. The summed E-state index contributed by atoms with van der Waals surface area (Å²) in [6.07, 6.45) is 6.82. The third kappa shape index (κ3) is 5.55. The summed E-state index contributed by atoms with van der Waals surface area (Å²) >= 11 is 0. The molecule has 2 aromatic rings. The minimum Gasteiger partial charge on any atom is -0.366 e. The highest BCUT2D eigenvalue weighted by Crippen LogP contribution is 2.40. The molecule has 0 spiro atoms. The summed E-state index contributed by atoms with van der Waals surface area (Å²) in [6.45, 7) is 7.46. The van der Waals surface area contributed by atoms with Gasteiger partial charge in [0.1, 0.15) is 11.8 Å². The molecule has 32 heavy (non-hydrogen) atoms. The predicted octanol–water partition coefficient (Wildman–Crippen LogP) is 3.99. The van der Waals surface area contributed by atoms with Gasteiger partial charge in [0.25, 0.3) is 0 Å². The average molecular weight is 433 g/mol. The number of nitriles is 1. The second-order valence-corrected chi connectivity index (χ2v) is 8.89. The third-order valence-corrected chi connectivity index (χ3v) is 6.34. The van der Waals surface area contributed by atoms with E-state index in [2.05, 4.69) is 52.1 Å². The number of hydrogen-bond donors (Lipinski definition) is 1. The Morgan fingerprint density at radius 2 is 1.97 bits per heavy atom. The van der Waals surface area contributed by atoms with Gasteiger partial charge in [-0.2, -0.15) is 5.26 Å². The Labute approximate surface area is 190 Å². The van der Waals surface area contributed by atoms with Gasteiger partial charge >= 0.3 is 0 Å². The number of nitrogens with zero attached hydrogens (tertiary/aromatic N) is 3. The van der Waals surface area contributed by atoms with Gasteiger partial charge in [-0.05, 0) is 49.1 Å². The van der Waals surface area contributed by atoms with Crippen LogP contribution in [0.25, 0.3) is 0 Å². The van der Waals surface area contributed by atoms with Gasteiger partial charge < -0.3 is 19.7 Å². The first-order valence-corrected chi connectivity index (χ1v) is 11.4. The highest BCUT2D eigenvalue weighted by atomic mass is 16.7. The number of aromatic nitrogens is 1. The zero-order chi connectivity index (χ0) is 22.4. The lowest BCUT2D eigenvalue weighted by Gasteiger charge is -2.38. The minimum atomic E-state index is -0.244. The van der Waals surface area contributed by atoms with Gasteiger partial charge in [-0.15, -0.1) is 6.58 Å². The molecule has 1 N–H and O–H groups in total. The molecule has 168 valence electrons. The zero-order valence-electron chi connectivity index (χ0n) is 18.8. The smallest absolute Gasteiger partial charge is 0.159 e. The van der Waals surface area contributed by atoms with Crippen molar-refractivity contribution in [2.45, 2.75) is 38.0 Å². The van der Waals surface area contributed by atoms with E-state index in [0.717, 1.165) is 37.7 Å². The minimum absolute atomic E-state index is 0.175. The van der Waals surface area contributed by atoms with Crippen molar-refractivity contribution in [1.82, 2.24) is 10.3 Å². The van der Waals surface area contributed by atoms with Crippen molar-refractivity contribution in [1.29, 1.82) is 5.26 Å². The number of pyridine rings is 1. The lowest BCUT2D eigenvalue weighted by atomic mass is 9.89. The van der Waals surface area contributed by atoms with Gasteiger partial charge in [-0.1, -0.05) is 30.3 Å². The Kier molecular flexibility index (Phi) is 7.21. The van der Waals surface area contributed by atoms with E-state index >= 15 is 0 Å². The van der Waals surface area contributed by atoms with Crippen molar-refractivity contribution in [2.75, 3.05) is 38.3 Å². The standard InChI is InChI=1S/C26H32N4O2/c1-3-26(17-28-2)18-31-25(32-19-26)12-13-30(24-11-10-23(14-27)29-15-24)16-20-4-6-21(7-5-20)22-8-9-22/h3-7,10-11,15,22,25,28H,1,8-9,12-13,16-19H2,2H3. The van der Waals surface area contributed by atoms with Crippen molar-refractivity contribution in [3.05, 3.63) is 72.1 Å². The topological polar surface area (TPSA) is 70.4 Å². The number of nitrogens with one attached hydrogen (secondary N) is 1. The molecule has 1 aromatic heterocycles. The maximum absolute atomic E-state index is 9.08. The third-order valence-electron chi connectivity index (χ3n) is 6.34. The van der Waals surface area contributed by atoms with Crippen molar-refractivity contribution >= 4 is 5.69 Å². The number of hydrogen-bond acceptors (Lipinski definition) is 6. The van der Waals surface area contributed by atoms with Crippen molar-refractivity contribution in [3.63, 3.8) is 0 Å². The highest BCUT2D eigenvalue weighted by Gasteiger charge is 2.34. The van der Waals surface area contributed by atoms with Gasteiger partial charge in [0.15, 0.2) is 6.29 Å². The second-order valence-electron chi connectivity index (χ2n) is 8.89. The summed E-state index contributed by atoms with van der Waals surface area (Å²) < 4.78 is 12.1. The van der Waals surface area contributed by atoms with Gasteiger partial charge in [-0.3, -0.25) is 0 Å². The van der Waals surface area contributed by atoms with Crippen LogP contribution in [-0.2, 0) is 16.0 Å². The van der Waals surface area contributed by atoms with Crippen molar-refractivity contribution in [3.8, 4) is 6.07 Å². The average Bonchev–Trinajstić information content (AvgIpc) is 3.69. The maximum atomic E-state index is 9.08. The van der Waals surface area contributed by atoms with Crippen molar-refractivity contribution < 1.29 is 9.47 Å². The van der Waals surface area contributed by atoms with Crippen LogP contribution < -0.4 is 10.2 Å². The van der Waals surface area contributed by atoms with E-state index in [-0.39, 0.29) is 11.7 Å². The second kappa shape index (κ2) is 10.3. The van der Waals surface area contributed by atoms with E-state index in [0.29, 0.717) is 18.9 Å². The molecule has 4 rings (SSSR count). The zero-order valence-corrected chi connectivity index (χ0v) is 18.8. The molecule has 2 fully saturated rings. The van der Waals surface area contributed by atoms with Gasteiger partial charge in [0.2, 0.25) is 0 Å². The Hall–Kier alpha value is -2.72. The lowest BCUT2D eigenvalue weighted by molar-refractivity contribution is -0.218. The summed E-state index contributed by atoms with van der Waals surface area (Å²) in [5, 5.41) is 12.3. The molecule has 1 saturated carbocycles. The number of rotatable bonds is 10. The van der Waals surface area contributed by atoms with Crippen LogP contribution in [0.2, 0.25) is 0 Å².